The molecule has 2 aromatic heterocycles. The third-order valence-corrected chi connectivity index (χ3v) is 5.07. The van der Waals surface area contributed by atoms with E-state index in [-0.39, 0.29) is 17.5 Å². The van der Waals surface area contributed by atoms with Crippen molar-refractivity contribution in [2.75, 3.05) is 68.4 Å². The number of carbonyl (C=O) groups excluding carboxylic acids is 2. The van der Waals surface area contributed by atoms with Crippen LogP contribution in [0.1, 0.15) is 10.5 Å². The minimum absolute atomic E-state index is 0.0387. The summed E-state index contributed by atoms with van der Waals surface area (Å²) in [5.74, 6) is 0.535. The van der Waals surface area contributed by atoms with Gasteiger partial charge in [0.25, 0.3) is 5.91 Å². The number of urea groups is 1. The summed E-state index contributed by atoms with van der Waals surface area (Å²) in [6.07, 6.45) is 3.13. The molecule has 2 aliphatic heterocycles. The number of hydrogen-bond acceptors (Lipinski definition) is 8. The molecule has 158 valence electrons. The molecule has 0 atom stereocenters. The fraction of sp³-hybridized carbons (Fsp3) is 0.421. The lowest BCUT2D eigenvalue weighted by Gasteiger charge is -2.38. The Labute approximate surface area is 173 Å². The van der Waals surface area contributed by atoms with Gasteiger partial charge in [-0.25, -0.2) is 19.7 Å². The summed E-state index contributed by atoms with van der Waals surface area (Å²) in [6.45, 7) is 4.72. The fourth-order valence-electron chi connectivity index (χ4n) is 3.40. The van der Waals surface area contributed by atoms with Crippen molar-refractivity contribution in [2.45, 2.75) is 0 Å². The SMILES string of the molecule is Nc1ncc(N2CCN(C(=O)N3CCOCC3)CC2)nc1C(=O)Nc1ccccn1. The van der Waals surface area contributed by atoms with Gasteiger partial charge in [-0.3, -0.25) is 4.79 Å². The molecule has 2 saturated heterocycles. The lowest BCUT2D eigenvalue weighted by atomic mass is 10.3. The molecule has 30 heavy (non-hydrogen) atoms. The van der Waals surface area contributed by atoms with Gasteiger partial charge in [0, 0.05) is 45.5 Å². The molecule has 2 fully saturated rings. The number of morpholine rings is 1. The Morgan fingerprint density at radius 3 is 2.43 bits per heavy atom. The van der Waals surface area contributed by atoms with Crippen molar-refractivity contribution in [3.8, 4) is 0 Å². The molecule has 0 aliphatic carbocycles. The summed E-state index contributed by atoms with van der Waals surface area (Å²) >= 11 is 0. The van der Waals surface area contributed by atoms with Gasteiger partial charge < -0.3 is 30.5 Å². The Morgan fingerprint density at radius 1 is 1.00 bits per heavy atom. The number of nitrogens with one attached hydrogen (secondary N) is 1. The standard InChI is InChI=1S/C19H24N8O3/c20-17-16(18(28)23-14-3-1-2-4-21-14)24-15(13-22-17)25-5-7-26(8-6-25)19(29)27-9-11-30-12-10-27/h1-4,13H,5-12H2,(H2,20,22)(H,21,23,28). The molecule has 2 aromatic rings. The van der Waals surface area contributed by atoms with E-state index in [1.54, 1.807) is 30.6 Å². The predicted molar refractivity (Wildman–Crippen MR) is 110 cm³/mol. The highest BCUT2D eigenvalue weighted by Crippen LogP contribution is 2.18. The van der Waals surface area contributed by atoms with Gasteiger partial charge in [-0.1, -0.05) is 6.07 Å². The first-order valence-electron chi connectivity index (χ1n) is 9.83. The summed E-state index contributed by atoms with van der Waals surface area (Å²) in [4.78, 5) is 43.5. The van der Waals surface area contributed by atoms with Gasteiger partial charge in [0.05, 0.1) is 19.4 Å². The third-order valence-electron chi connectivity index (χ3n) is 5.07. The normalized spacial score (nSPS) is 17.0. The Kier molecular flexibility index (Phi) is 5.89. The molecule has 11 nitrogen and oxygen atoms in total. The highest BCUT2D eigenvalue weighted by atomic mass is 16.5. The second-order valence-corrected chi connectivity index (χ2v) is 6.99. The predicted octanol–water partition coefficient (Wildman–Crippen LogP) is 0.280. The van der Waals surface area contributed by atoms with E-state index in [4.69, 9.17) is 10.5 Å². The summed E-state index contributed by atoms with van der Waals surface area (Å²) in [5, 5.41) is 2.67. The van der Waals surface area contributed by atoms with Crippen LogP contribution in [0.4, 0.5) is 22.2 Å². The minimum atomic E-state index is -0.471. The number of carbonyl (C=O) groups is 2. The van der Waals surface area contributed by atoms with E-state index in [0.717, 1.165) is 0 Å². The summed E-state index contributed by atoms with van der Waals surface area (Å²) in [5.41, 5.74) is 5.92. The van der Waals surface area contributed by atoms with Crippen molar-refractivity contribution < 1.29 is 14.3 Å². The number of hydrogen-bond donors (Lipinski definition) is 2. The molecule has 0 bridgehead atoms. The van der Waals surface area contributed by atoms with Crippen LogP contribution in [-0.2, 0) is 4.74 Å². The molecule has 0 spiro atoms. The van der Waals surface area contributed by atoms with Crippen molar-refractivity contribution in [1.29, 1.82) is 0 Å². The van der Waals surface area contributed by atoms with Gasteiger partial charge in [0.15, 0.2) is 11.5 Å². The zero-order valence-electron chi connectivity index (χ0n) is 16.5. The number of amides is 3. The number of nitrogens with two attached hydrogens (primary N) is 1. The molecular weight excluding hydrogens is 388 g/mol. The topological polar surface area (TPSA) is 130 Å². The molecule has 3 N–H and O–H groups in total. The highest BCUT2D eigenvalue weighted by Gasteiger charge is 2.27. The average molecular weight is 412 g/mol. The first kappa shape index (κ1) is 19.8. The zero-order chi connectivity index (χ0) is 20.9. The highest BCUT2D eigenvalue weighted by molar-refractivity contribution is 6.05. The number of nitrogens with zero attached hydrogens (tertiary/aromatic N) is 6. The molecule has 4 heterocycles. The van der Waals surface area contributed by atoms with Crippen molar-refractivity contribution in [3.63, 3.8) is 0 Å². The smallest absolute Gasteiger partial charge is 0.320 e. The zero-order valence-corrected chi connectivity index (χ0v) is 16.5. The van der Waals surface area contributed by atoms with Crippen LogP contribution in [-0.4, -0.2) is 89.2 Å². The monoisotopic (exact) mass is 412 g/mol. The van der Waals surface area contributed by atoms with E-state index < -0.39 is 5.91 Å². The molecule has 0 aromatic carbocycles. The summed E-state index contributed by atoms with van der Waals surface area (Å²) in [6, 6.07) is 5.24. The maximum absolute atomic E-state index is 12.6. The number of aromatic nitrogens is 3. The van der Waals surface area contributed by atoms with Gasteiger partial charge in [-0.05, 0) is 12.1 Å². The number of nitrogen functional groups attached to an aromatic ring is 1. The number of piperazine rings is 1. The molecule has 0 saturated carbocycles. The molecule has 4 rings (SSSR count). The van der Waals surface area contributed by atoms with Gasteiger partial charge in [-0.15, -0.1) is 0 Å². The Morgan fingerprint density at radius 2 is 1.73 bits per heavy atom. The second kappa shape index (κ2) is 8.91. The molecule has 0 radical (unpaired) electrons. The lowest BCUT2D eigenvalue weighted by molar-refractivity contribution is 0.0428. The molecule has 3 amide bonds. The third kappa shape index (κ3) is 4.40. The van der Waals surface area contributed by atoms with Gasteiger partial charge in [-0.2, -0.15) is 0 Å². The summed E-state index contributed by atoms with van der Waals surface area (Å²) < 4.78 is 5.31. The van der Waals surface area contributed by atoms with Crippen LogP contribution in [0.15, 0.2) is 30.6 Å². The van der Waals surface area contributed by atoms with Crippen LogP contribution in [0.5, 0.6) is 0 Å². The van der Waals surface area contributed by atoms with E-state index in [1.807, 2.05) is 14.7 Å². The average Bonchev–Trinajstić information content (AvgIpc) is 2.80. The van der Waals surface area contributed by atoms with Crippen molar-refractivity contribution in [1.82, 2.24) is 24.8 Å². The quantitative estimate of drug-likeness (QED) is 0.735. The van der Waals surface area contributed by atoms with Crippen LogP contribution in [0.25, 0.3) is 0 Å². The Hall–Kier alpha value is -3.47. The molecule has 2 aliphatic rings. The first-order chi connectivity index (χ1) is 14.6. The van der Waals surface area contributed by atoms with Crippen LogP contribution >= 0.6 is 0 Å². The Balaban J connectivity index is 1.39. The molecular formula is C19H24N8O3. The van der Waals surface area contributed by atoms with Gasteiger partial charge in [0.1, 0.15) is 11.6 Å². The van der Waals surface area contributed by atoms with Crippen molar-refractivity contribution >= 4 is 29.4 Å². The molecule has 11 heteroatoms. The first-order valence-corrected chi connectivity index (χ1v) is 9.83. The van der Waals surface area contributed by atoms with E-state index in [1.165, 1.54) is 0 Å². The minimum Gasteiger partial charge on any atom is -0.382 e. The van der Waals surface area contributed by atoms with E-state index in [2.05, 4.69) is 20.3 Å². The number of ether oxygens (including phenoxy) is 1. The summed E-state index contributed by atoms with van der Waals surface area (Å²) in [7, 11) is 0. The number of rotatable bonds is 3. The van der Waals surface area contributed by atoms with Crippen LogP contribution in [0, 0.1) is 0 Å². The number of anilines is 3. The van der Waals surface area contributed by atoms with Crippen LogP contribution in [0.2, 0.25) is 0 Å². The van der Waals surface area contributed by atoms with E-state index in [0.29, 0.717) is 64.1 Å². The van der Waals surface area contributed by atoms with Gasteiger partial charge in [0.2, 0.25) is 0 Å². The van der Waals surface area contributed by atoms with E-state index >= 15 is 0 Å². The van der Waals surface area contributed by atoms with Crippen molar-refractivity contribution in [3.05, 3.63) is 36.3 Å². The lowest BCUT2D eigenvalue weighted by Crippen LogP contribution is -2.55. The van der Waals surface area contributed by atoms with Gasteiger partial charge >= 0.3 is 6.03 Å². The maximum atomic E-state index is 12.6. The van der Waals surface area contributed by atoms with Crippen molar-refractivity contribution in [2.24, 2.45) is 0 Å². The Bertz CT molecular complexity index is 896. The van der Waals surface area contributed by atoms with Crippen LogP contribution in [0.3, 0.4) is 0 Å². The molecule has 0 unspecified atom stereocenters. The van der Waals surface area contributed by atoms with Crippen LogP contribution < -0.4 is 16.0 Å². The van der Waals surface area contributed by atoms with E-state index in [9.17, 15) is 9.59 Å². The largest absolute Gasteiger partial charge is 0.382 e. The fourth-order valence-corrected chi connectivity index (χ4v) is 3.40. The second-order valence-electron chi connectivity index (χ2n) is 6.99. The number of pyridine rings is 1. The maximum Gasteiger partial charge on any atom is 0.320 e.